The van der Waals surface area contributed by atoms with Gasteiger partial charge in [-0.1, -0.05) is 19.9 Å². The van der Waals surface area contributed by atoms with Crippen LogP contribution >= 0.6 is 0 Å². The maximum atomic E-state index is 5.20. The van der Waals surface area contributed by atoms with Gasteiger partial charge in [0, 0.05) is 18.9 Å². The predicted molar refractivity (Wildman–Crippen MR) is 67.1 cm³/mol. The molecule has 0 fully saturated rings. The molecule has 16 heavy (non-hydrogen) atoms. The van der Waals surface area contributed by atoms with E-state index in [1.165, 1.54) is 0 Å². The summed E-state index contributed by atoms with van der Waals surface area (Å²) in [5.41, 5.74) is 1.06. The first-order valence-corrected chi connectivity index (χ1v) is 5.57. The van der Waals surface area contributed by atoms with Crippen molar-refractivity contribution in [2.45, 2.75) is 19.9 Å². The van der Waals surface area contributed by atoms with Crippen molar-refractivity contribution in [3.8, 4) is 5.75 Å². The van der Waals surface area contributed by atoms with Gasteiger partial charge in [0.25, 0.3) is 0 Å². The number of hydrogen-bond donors (Lipinski definition) is 1. The minimum atomic E-state index is 0.317. The molecule has 3 nitrogen and oxygen atoms in total. The molecular formula is C13H21NO2. The zero-order chi connectivity index (χ0) is 12.0. The molecule has 0 saturated carbocycles. The lowest BCUT2D eigenvalue weighted by atomic mass is 10.1. The second-order valence-electron chi connectivity index (χ2n) is 4.18. The molecule has 0 radical (unpaired) electrons. The summed E-state index contributed by atoms with van der Waals surface area (Å²) < 4.78 is 10.4. The van der Waals surface area contributed by atoms with E-state index in [4.69, 9.17) is 9.47 Å². The summed E-state index contributed by atoms with van der Waals surface area (Å²) in [5.74, 6) is 1.39. The van der Waals surface area contributed by atoms with E-state index in [1.807, 2.05) is 24.3 Å². The van der Waals surface area contributed by atoms with Crippen molar-refractivity contribution in [2.75, 3.05) is 26.1 Å². The van der Waals surface area contributed by atoms with Gasteiger partial charge >= 0.3 is 0 Å². The fraction of sp³-hybridized carbons (Fsp3) is 0.538. The van der Waals surface area contributed by atoms with Crippen molar-refractivity contribution in [1.29, 1.82) is 0 Å². The van der Waals surface area contributed by atoms with Crippen LogP contribution in [-0.2, 0) is 4.74 Å². The average Bonchev–Trinajstić information content (AvgIpc) is 2.28. The van der Waals surface area contributed by atoms with Crippen LogP contribution in [-0.4, -0.2) is 26.9 Å². The Kier molecular flexibility index (Phi) is 5.12. The summed E-state index contributed by atoms with van der Waals surface area (Å²) in [6.07, 6.45) is 0. The normalized spacial score (nSPS) is 12.6. The van der Waals surface area contributed by atoms with E-state index >= 15 is 0 Å². The summed E-state index contributed by atoms with van der Waals surface area (Å²) in [6, 6.07) is 8.26. The second-order valence-corrected chi connectivity index (χ2v) is 4.18. The smallest absolute Gasteiger partial charge is 0.120 e. The maximum Gasteiger partial charge on any atom is 0.120 e. The Balaban J connectivity index is 2.68. The van der Waals surface area contributed by atoms with E-state index in [1.54, 1.807) is 14.2 Å². The zero-order valence-electron chi connectivity index (χ0n) is 10.5. The molecule has 1 N–H and O–H groups in total. The van der Waals surface area contributed by atoms with Gasteiger partial charge in [-0.3, -0.25) is 0 Å². The van der Waals surface area contributed by atoms with E-state index in [9.17, 15) is 0 Å². The van der Waals surface area contributed by atoms with Crippen molar-refractivity contribution < 1.29 is 9.47 Å². The molecule has 1 rings (SSSR count). The lowest BCUT2D eigenvalue weighted by Gasteiger charge is -2.22. The second kappa shape index (κ2) is 6.38. The standard InChI is InChI=1S/C13H21NO2/c1-10(2)13(9-15-3)14-11-6-5-7-12(8-11)16-4/h5-8,10,13-14H,9H2,1-4H3. The third kappa shape index (κ3) is 3.74. The zero-order valence-corrected chi connectivity index (χ0v) is 10.5. The van der Waals surface area contributed by atoms with Crippen molar-refractivity contribution in [2.24, 2.45) is 5.92 Å². The minimum absolute atomic E-state index is 0.317. The number of methoxy groups -OCH3 is 2. The summed E-state index contributed by atoms with van der Waals surface area (Å²) in [7, 11) is 3.40. The molecule has 0 spiro atoms. The van der Waals surface area contributed by atoms with Crippen LogP contribution in [0, 0.1) is 5.92 Å². The van der Waals surface area contributed by atoms with Gasteiger partial charge in [0.1, 0.15) is 5.75 Å². The minimum Gasteiger partial charge on any atom is -0.497 e. The Morgan fingerprint density at radius 2 is 2.00 bits per heavy atom. The molecule has 0 saturated heterocycles. The molecule has 0 aliphatic carbocycles. The highest BCUT2D eigenvalue weighted by atomic mass is 16.5. The Labute approximate surface area is 97.8 Å². The van der Waals surface area contributed by atoms with E-state index in [2.05, 4.69) is 19.2 Å². The number of benzene rings is 1. The fourth-order valence-corrected chi connectivity index (χ4v) is 1.51. The first kappa shape index (κ1) is 12.8. The predicted octanol–water partition coefficient (Wildman–Crippen LogP) is 2.78. The first-order valence-electron chi connectivity index (χ1n) is 5.57. The SMILES string of the molecule is COCC(Nc1cccc(OC)c1)C(C)C. The van der Waals surface area contributed by atoms with Crippen LogP contribution < -0.4 is 10.1 Å². The van der Waals surface area contributed by atoms with Gasteiger partial charge in [0.05, 0.1) is 19.8 Å². The van der Waals surface area contributed by atoms with E-state index < -0.39 is 0 Å². The molecule has 1 aromatic rings. The van der Waals surface area contributed by atoms with Crippen LogP contribution in [0.15, 0.2) is 24.3 Å². The average molecular weight is 223 g/mol. The Morgan fingerprint density at radius 1 is 1.25 bits per heavy atom. The van der Waals surface area contributed by atoms with Crippen LogP contribution in [0.1, 0.15) is 13.8 Å². The van der Waals surface area contributed by atoms with Gasteiger partial charge in [0.15, 0.2) is 0 Å². The highest BCUT2D eigenvalue weighted by molar-refractivity contribution is 5.48. The van der Waals surface area contributed by atoms with Crippen LogP contribution in [0.3, 0.4) is 0 Å². The summed E-state index contributed by atoms with van der Waals surface area (Å²) in [6.45, 7) is 5.06. The van der Waals surface area contributed by atoms with E-state index in [-0.39, 0.29) is 0 Å². The van der Waals surface area contributed by atoms with Crippen LogP contribution in [0.25, 0.3) is 0 Å². The Hall–Kier alpha value is -1.22. The molecule has 0 aromatic heterocycles. The highest BCUT2D eigenvalue weighted by Gasteiger charge is 2.12. The molecule has 1 atom stereocenters. The molecule has 0 heterocycles. The summed E-state index contributed by atoms with van der Waals surface area (Å²) in [4.78, 5) is 0. The number of anilines is 1. The van der Waals surface area contributed by atoms with E-state index in [0.29, 0.717) is 18.6 Å². The van der Waals surface area contributed by atoms with Crippen molar-refractivity contribution in [1.82, 2.24) is 0 Å². The molecular weight excluding hydrogens is 202 g/mol. The van der Waals surface area contributed by atoms with Gasteiger partial charge < -0.3 is 14.8 Å². The van der Waals surface area contributed by atoms with Gasteiger partial charge in [-0.05, 0) is 18.1 Å². The molecule has 0 aliphatic heterocycles. The molecule has 1 aromatic carbocycles. The van der Waals surface area contributed by atoms with Crippen molar-refractivity contribution in [3.63, 3.8) is 0 Å². The molecule has 3 heteroatoms. The van der Waals surface area contributed by atoms with Crippen molar-refractivity contribution in [3.05, 3.63) is 24.3 Å². The largest absolute Gasteiger partial charge is 0.497 e. The van der Waals surface area contributed by atoms with Gasteiger partial charge in [-0.15, -0.1) is 0 Å². The first-order chi connectivity index (χ1) is 7.67. The van der Waals surface area contributed by atoms with Gasteiger partial charge in [0.2, 0.25) is 0 Å². The van der Waals surface area contributed by atoms with Crippen LogP contribution in [0.5, 0.6) is 5.75 Å². The third-order valence-electron chi connectivity index (χ3n) is 2.57. The van der Waals surface area contributed by atoms with Crippen LogP contribution in [0.4, 0.5) is 5.69 Å². The Bertz CT molecular complexity index is 313. The number of ether oxygens (including phenoxy) is 2. The highest BCUT2D eigenvalue weighted by Crippen LogP contribution is 2.19. The summed E-state index contributed by atoms with van der Waals surface area (Å²) >= 11 is 0. The van der Waals surface area contributed by atoms with E-state index in [0.717, 1.165) is 11.4 Å². The number of nitrogens with one attached hydrogen (secondary N) is 1. The topological polar surface area (TPSA) is 30.5 Å². The molecule has 1 unspecified atom stereocenters. The van der Waals surface area contributed by atoms with Gasteiger partial charge in [-0.2, -0.15) is 0 Å². The molecule has 0 amide bonds. The lowest BCUT2D eigenvalue weighted by Crippen LogP contribution is -2.30. The Morgan fingerprint density at radius 3 is 2.56 bits per heavy atom. The van der Waals surface area contributed by atoms with Crippen molar-refractivity contribution >= 4 is 5.69 Å². The number of hydrogen-bond acceptors (Lipinski definition) is 3. The summed E-state index contributed by atoms with van der Waals surface area (Å²) in [5, 5.41) is 3.45. The number of rotatable bonds is 6. The lowest BCUT2D eigenvalue weighted by molar-refractivity contribution is 0.171. The van der Waals surface area contributed by atoms with Crippen LogP contribution in [0.2, 0.25) is 0 Å². The third-order valence-corrected chi connectivity index (χ3v) is 2.57. The van der Waals surface area contributed by atoms with Gasteiger partial charge in [-0.25, -0.2) is 0 Å². The fourth-order valence-electron chi connectivity index (χ4n) is 1.51. The molecule has 0 bridgehead atoms. The molecule has 90 valence electrons. The monoisotopic (exact) mass is 223 g/mol. The maximum absolute atomic E-state index is 5.20. The quantitative estimate of drug-likeness (QED) is 0.804. The molecule has 0 aliphatic rings.